The Morgan fingerprint density at radius 2 is 1.93 bits per heavy atom. The Morgan fingerprint density at radius 3 is 2.50 bits per heavy atom. The number of thiophene rings is 1. The van der Waals surface area contributed by atoms with Crippen molar-refractivity contribution in [3.8, 4) is 0 Å². The summed E-state index contributed by atoms with van der Waals surface area (Å²) >= 11 is 7.32. The minimum absolute atomic E-state index is 0.0115. The van der Waals surface area contributed by atoms with Crippen molar-refractivity contribution in [2.75, 3.05) is 33.4 Å². The smallest absolute Gasteiger partial charge is 0.263 e. The molecule has 9 heteroatoms. The molecule has 0 spiro atoms. The molecule has 0 aliphatic carbocycles. The summed E-state index contributed by atoms with van der Waals surface area (Å²) in [5, 5.41) is 2.37. The first-order valence-corrected chi connectivity index (χ1v) is 11.7. The van der Waals surface area contributed by atoms with Crippen LogP contribution in [0.25, 0.3) is 0 Å². The van der Waals surface area contributed by atoms with Gasteiger partial charge >= 0.3 is 0 Å². The van der Waals surface area contributed by atoms with E-state index in [2.05, 4.69) is 0 Å². The third kappa shape index (κ3) is 4.75. The van der Waals surface area contributed by atoms with Crippen LogP contribution in [0.5, 0.6) is 0 Å². The molecule has 1 amide bonds. The number of carbonyl (C=O) groups is 1. The van der Waals surface area contributed by atoms with Crippen molar-refractivity contribution in [2.24, 2.45) is 0 Å². The van der Waals surface area contributed by atoms with Crippen LogP contribution in [0, 0.1) is 0 Å². The van der Waals surface area contributed by atoms with E-state index in [4.69, 9.17) is 16.3 Å². The van der Waals surface area contributed by atoms with Gasteiger partial charge in [-0.1, -0.05) is 17.7 Å². The van der Waals surface area contributed by atoms with Crippen LogP contribution in [-0.4, -0.2) is 62.9 Å². The van der Waals surface area contributed by atoms with E-state index in [0.717, 1.165) is 0 Å². The molecular formula is C19H23ClN2O4S2. The fourth-order valence-corrected chi connectivity index (χ4v) is 5.82. The molecular weight excluding hydrogens is 420 g/mol. The molecule has 2 aromatic rings. The zero-order valence-corrected chi connectivity index (χ0v) is 18.0. The molecule has 2 heterocycles. The second kappa shape index (κ2) is 9.37. The van der Waals surface area contributed by atoms with E-state index < -0.39 is 10.0 Å². The van der Waals surface area contributed by atoms with Crippen LogP contribution in [0.3, 0.4) is 0 Å². The summed E-state index contributed by atoms with van der Waals surface area (Å²) in [6.07, 6.45) is 1.18. The molecule has 1 aliphatic heterocycles. The van der Waals surface area contributed by atoms with Gasteiger partial charge in [0.2, 0.25) is 10.0 Å². The Balaban J connectivity index is 1.74. The van der Waals surface area contributed by atoms with Crippen LogP contribution < -0.4 is 0 Å². The Hall–Kier alpha value is -1.45. The zero-order valence-electron chi connectivity index (χ0n) is 15.6. The average molecular weight is 443 g/mol. The molecule has 0 unspecified atom stereocenters. The number of nitrogens with zero attached hydrogens (tertiary/aromatic N) is 2. The van der Waals surface area contributed by atoms with E-state index in [-0.39, 0.29) is 23.4 Å². The summed E-state index contributed by atoms with van der Waals surface area (Å²) in [6, 6.07) is 9.68. The van der Waals surface area contributed by atoms with Gasteiger partial charge in [0.25, 0.3) is 5.91 Å². The van der Waals surface area contributed by atoms with Gasteiger partial charge in [0, 0.05) is 37.8 Å². The molecule has 6 nitrogen and oxygen atoms in total. The number of carbonyl (C=O) groups excluding carboxylic acids is 1. The fraction of sp³-hybridized carbons (Fsp3) is 0.421. The van der Waals surface area contributed by atoms with E-state index in [1.165, 1.54) is 27.8 Å². The first-order valence-electron chi connectivity index (χ1n) is 9.02. The standard InChI is InChI=1S/C19H23ClN2O4S2/c1-26-13-12-22(28(24,25)17-6-4-15(20)5-7-17)16-8-10-21(11-9-16)19(23)18-3-2-14-27-18/h2-7,14,16H,8-13H2,1H3. The Kier molecular flexibility index (Phi) is 7.11. The highest BCUT2D eigenvalue weighted by atomic mass is 35.5. The lowest BCUT2D eigenvalue weighted by Crippen LogP contribution is -2.49. The number of methoxy groups -OCH3 is 1. The Morgan fingerprint density at radius 1 is 1.25 bits per heavy atom. The minimum atomic E-state index is -3.68. The lowest BCUT2D eigenvalue weighted by molar-refractivity contribution is 0.0670. The number of sulfonamides is 1. The van der Waals surface area contributed by atoms with Crippen LogP contribution >= 0.6 is 22.9 Å². The van der Waals surface area contributed by atoms with Gasteiger partial charge in [-0.3, -0.25) is 4.79 Å². The van der Waals surface area contributed by atoms with Gasteiger partial charge in [-0.2, -0.15) is 4.31 Å². The molecule has 0 saturated carbocycles. The molecule has 1 fully saturated rings. The molecule has 0 radical (unpaired) electrons. The number of hydrogen-bond donors (Lipinski definition) is 0. The monoisotopic (exact) mass is 442 g/mol. The number of ether oxygens (including phenoxy) is 1. The third-order valence-corrected chi connectivity index (χ3v) is 7.90. The molecule has 1 aromatic carbocycles. The van der Waals surface area contributed by atoms with E-state index in [9.17, 15) is 13.2 Å². The molecule has 1 saturated heterocycles. The number of amides is 1. The van der Waals surface area contributed by atoms with Crippen LogP contribution in [0.4, 0.5) is 0 Å². The van der Waals surface area contributed by atoms with Crippen LogP contribution in [-0.2, 0) is 14.8 Å². The molecule has 152 valence electrons. The van der Waals surface area contributed by atoms with Crippen LogP contribution in [0.15, 0.2) is 46.7 Å². The molecule has 0 bridgehead atoms. The Bertz CT molecular complexity index is 877. The number of likely N-dealkylation sites (tertiary alicyclic amines) is 1. The van der Waals surface area contributed by atoms with E-state index in [0.29, 0.717) is 42.4 Å². The summed E-state index contributed by atoms with van der Waals surface area (Å²) < 4.78 is 33.0. The van der Waals surface area contributed by atoms with E-state index in [1.807, 2.05) is 17.5 Å². The van der Waals surface area contributed by atoms with Gasteiger partial charge in [0.1, 0.15) is 0 Å². The van der Waals surface area contributed by atoms with Crippen molar-refractivity contribution < 1.29 is 17.9 Å². The summed E-state index contributed by atoms with van der Waals surface area (Å²) in [5.41, 5.74) is 0. The highest BCUT2D eigenvalue weighted by Gasteiger charge is 2.34. The molecule has 0 atom stereocenters. The quantitative estimate of drug-likeness (QED) is 0.659. The summed E-state index contributed by atoms with van der Waals surface area (Å²) in [5.74, 6) is 0.0115. The maximum absolute atomic E-state index is 13.2. The highest BCUT2D eigenvalue weighted by molar-refractivity contribution is 7.89. The van der Waals surface area contributed by atoms with Crippen LogP contribution in [0.1, 0.15) is 22.5 Å². The van der Waals surface area contributed by atoms with Crippen molar-refractivity contribution in [2.45, 2.75) is 23.8 Å². The predicted octanol–water partition coefficient (Wildman–Crippen LogP) is 3.34. The molecule has 3 rings (SSSR count). The van der Waals surface area contributed by atoms with Crippen molar-refractivity contribution in [1.82, 2.24) is 9.21 Å². The first kappa shape index (κ1) is 21.3. The number of benzene rings is 1. The van der Waals surface area contributed by atoms with E-state index >= 15 is 0 Å². The third-order valence-electron chi connectivity index (χ3n) is 4.83. The van der Waals surface area contributed by atoms with Gasteiger partial charge < -0.3 is 9.64 Å². The Labute approximate surface area is 174 Å². The number of piperidine rings is 1. The topological polar surface area (TPSA) is 66.9 Å². The van der Waals surface area contributed by atoms with Gasteiger partial charge in [-0.25, -0.2) is 8.42 Å². The van der Waals surface area contributed by atoms with Gasteiger partial charge in [0.05, 0.1) is 16.4 Å². The molecule has 1 aromatic heterocycles. The second-order valence-electron chi connectivity index (χ2n) is 6.56. The van der Waals surface area contributed by atoms with Crippen molar-refractivity contribution >= 4 is 38.9 Å². The lowest BCUT2D eigenvalue weighted by atomic mass is 10.0. The number of halogens is 1. The maximum atomic E-state index is 13.2. The zero-order chi connectivity index (χ0) is 20.1. The largest absolute Gasteiger partial charge is 0.383 e. The van der Waals surface area contributed by atoms with Gasteiger partial charge in [-0.05, 0) is 48.6 Å². The molecule has 28 heavy (non-hydrogen) atoms. The van der Waals surface area contributed by atoms with Crippen LogP contribution in [0.2, 0.25) is 5.02 Å². The molecule has 0 N–H and O–H groups in total. The van der Waals surface area contributed by atoms with E-state index in [1.54, 1.807) is 24.1 Å². The average Bonchev–Trinajstić information content (AvgIpc) is 3.23. The number of hydrogen-bond acceptors (Lipinski definition) is 5. The minimum Gasteiger partial charge on any atom is -0.383 e. The van der Waals surface area contributed by atoms with Gasteiger partial charge in [0.15, 0.2) is 0 Å². The SMILES string of the molecule is COCCN(C1CCN(C(=O)c2cccs2)CC1)S(=O)(=O)c1ccc(Cl)cc1. The van der Waals surface area contributed by atoms with Crippen molar-refractivity contribution in [1.29, 1.82) is 0 Å². The molecule has 1 aliphatic rings. The van der Waals surface area contributed by atoms with Crippen molar-refractivity contribution in [3.05, 3.63) is 51.7 Å². The maximum Gasteiger partial charge on any atom is 0.263 e. The highest BCUT2D eigenvalue weighted by Crippen LogP contribution is 2.26. The lowest BCUT2D eigenvalue weighted by Gasteiger charge is -2.37. The number of rotatable bonds is 7. The summed E-state index contributed by atoms with van der Waals surface area (Å²) in [6.45, 7) is 1.63. The second-order valence-corrected chi connectivity index (χ2v) is 9.84. The summed E-state index contributed by atoms with van der Waals surface area (Å²) in [4.78, 5) is 15.3. The normalized spacial score (nSPS) is 15.9. The summed E-state index contributed by atoms with van der Waals surface area (Å²) in [7, 11) is -2.13. The fourth-order valence-electron chi connectivity index (χ4n) is 3.34. The van der Waals surface area contributed by atoms with Gasteiger partial charge in [-0.15, -0.1) is 11.3 Å². The predicted molar refractivity (Wildman–Crippen MR) is 110 cm³/mol. The first-order chi connectivity index (χ1) is 13.4. The van der Waals surface area contributed by atoms with Crippen molar-refractivity contribution in [3.63, 3.8) is 0 Å².